The first-order valence-electron chi connectivity index (χ1n) is 12.0. The number of aryl methyl sites for hydroxylation is 1. The summed E-state index contributed by atoms with van der Waals surface area (Å²) < 4.78 is 2.15. The van der Waals surface area contributed by atoms with E-state index in [9.17, 15) is 4.79 Å². The molecule has 3 heterocycles. The number of nitrogens with zero attached hydrogens (tertiary/aromatic N) is 1. The van der Waals surface area contributed by atoms with Crippen molar-refractivity contribution in [3.63, 3.8) is 0 Å². The Morgan fingerprint density at radius 2 is 1.85 bits per heavy atom. The van der Waals surface area contributed by atoms with E-state index in [0.717, 1.165) is 78.7 Å². The van der Waals surface area contributed by atoms with Crippen molar-refractivity contribution in [3.8, 4) is 0 Å². The van der Waals surface area contributed by atoms with E-state index in [1.54, 1.807) is 0 Å². The van der Waals surface area contributed by atoms with Crippen molar-refractivity contribution in [2.45, 2.75) is 51.0 Å². The minimum absolute atomic E-state index is 0.164. The van der Waals surface area contributed by atoms with Gasteiger partial charge in [-0.3, -0.25) is 4.79 Å². The number of hydrogen-bond donors (Lipinski definition) is 2. The predicted octanol–water partition coefficient (Wildman–Crippen LogP) is 5.95. The summed E-state index contributed by atoms with van der Waals surface area (Å²) in [5.41, 5.74) is 6.82. The number of likely N-dealkylation sites (tertiary alicyclic amines) is 1. The van der Waals surface area contributed by atoms with Crippen LogP contribution in [0.2, 0.25) is 5.02 Å². The number of carbonyl (C=O) groups excluding carboxylic acids is 1. The van der Waals surface area contributed by atoms with Gasteiger partial charge in [0.2, 0.25) is 5.91 Å². The molecule has 0 aromatic heterocycles. The first kappa shape index (κ1) is 23.7. The molecule has 0 spiro atoms. The number of hydrogen-bond acceptors (Lipinski definition) is 3. The summed E-state index contributed by atoms with van der Waals surface area (Å²) in [5.74, 6) is 0.876. The molecule has 5 rings (SSSR count). The lowest BCUT2D eigenvalue weighted by atomic mass is 9.84. The van der Waals surface area contributed by atoms with Crippen LogP contribution >= 0.6 is 43.5 Å². The second-order valence-corrected chi connectivity index (χ2v) is 11.8. The van der Waals surface area contributed by atoms with E-state index < -0.39 is 0 Å². The van der Waals surface area contributed by atoms with Gasteiger partial charge in [0.05, 0.1) is 6.04 Å². The Morgan fingerprint density at radius 1 is 1.09 bits per heavy atom. The SMILES string of the molecule is O=C(CC1CCNCC1)N1CCC(=C2c3c(Br)cc(Cl)cc3CCC3=CC(Br)=CNC32)CC1. The van der Waals surface area contributed by atoms with Gasteiger partial charge in [-0.05, 0) is 114 Å². The summed E-state index contributed by atoms with van der Waals surface area (Å²) in [7, 11) is 0. The Bertz CT molecular complexity index is 1030. The van der Waals surface area contributed by atoms with Gasteiger partial charge in [-0.2, -0.15) is 0 Å². The predicted molar refractivity (Wildman–Crippen MR) is 142 cm³/mol. The van der Waals surface area contributed by atoms with E-state index in [1.807, 2.05) is 6.07 Å². The number of benzene rings is 1. The van der Waals surface area contributed by atoms with E-state index in [1.165, 1.54) is 27.8 Å². The van der Waals surface area contributed by atoms with Crippen LogP contribution in [0.15, 0.2) is 44.5 Å². The van der Waals surface area contributed by atoms with E-state index in [-0.39, 0.29) is 6.04 Å². The van der Waals surface area contributed by atoms with Crippen LogP contribution in [0.1, 0.15) is 49.7 Å². The number of rotatable bonds is 2. The zero-order chi connectivity index (χ0) is 22.9. The van der Waals surface area contributed by atoms with Gasteiger partial charge in [-0.15, -0.1) is 0 Å². The van der Waals surface area contributed by atoms with Crippen LogP contribution in [0.5, 0.6) is 0 Å². The molecule has 176 valence electrons. The molecule has 1 aliphatic carbocycles. The fraction of sp³-hybridized carbons (Fsp3) is 0.500. The maximum atomic E-state index is 13.0. The van der Waals surface area contributed by atoms with Crippen molar-refractivity contribution in [3.05, 3.63) is 60.7 Å². The summed E-state index contributed by atoms with van der Waals surface area (Å²) in [6.45, 7) is 3.71. The number of fused-ring (bicyclic) bond motifs is 2. The number of nitrogens with one attached hydrogen (secondary N) is 2. The zero-order valence-electron chi connectivity index (χ0n) is 18.7. The molecule has 1 aromatic carbocycles. The molecule has 2 saturated heterocycles. The lowest BCUT2D eigenvalue weighted by molar-refractivity contribution is -0.132. The summed E-state index contributed by atoms with van der Waals surface area (Å²) in [6, 6.07) is 4.30. The summed E-state index contributed by atoms with van der Waals surface area (Å²) >= 11 is 13.9. The normalized spacial score (nSPS) is 23.7. The van der Waals surface area contributed by atoms with Crippen molar-refractivity contribution in [1.29, 1.82) is 0 Å². The van der Waals surface area contributed by atoms with Gasteiger partial charge in [0.25, 0.3) is 0 Å². The second kappa shape index (κ2) is 10.3. The van der Waals surface area contributed by atoms with Crippen molar-refractivity contribution in [2.24, 2.45) is 5.92 Å². The zero-order valence-corrected chi connectivity index (χ0v) is 22.7. The molecule has 1 aromatic rings. The topological polar surface area (TPSA) is 44.4 Å². The molecule has 4 nitrogen and oxygen atoms in total. The van der Waals surface area contributed by atoms with Gasteiger partial charge in [-0.25, -0.2) is 0 Å². The summed E-state index contributed by atoms with van der Waals surface area (Å²) in [4.78, 5) is 15.1. The highest BCUT2D eigenvalue weighted by atomic mass is 79.9. The van der Waals surface area contributed by atoms with Crippen LogP contribution in [0.3, 0.4) is 0 Å². The molecule has 4 aliphatic rings. The van der Waals surface area contributed by atoms with Crippen LogP contribution in [0.4, 0.5) is 0 Å². The number of halogens is 3. The van der Waals surface area contributed by atoms with Crippen LogP contribution in [0.25, 0.3) is 5.57 Å². The Morgan fingerprint density at radius 3 is 2.61 bits per heavy atom. The molecule has 0 saturated carbocycles. The Kier molecular flexibility index (Phi) is 7.36. The smallest absolute Gasteiger partial charge is 0.222 e. The van der Waals surface area contributed by atoms with Crippen molar-refractivity contribution in [2.75, 3.05) is 26.2 Å². The van der Waals surface area contributed by atoms with Crippen LogP contribution in [-0.4, -0.2) is 43.0 Å². The molecule has 0 radical (unpaired) electrons. The number of allylic oxidation sites excluding steroid dienone is 2. The number of piperidine rings is 2. The van der Waals surface area contributed by atoms with E-state index in [2.05, 4.69) is 65.7 Å². The molecular formula is C26H30Br2ClN3O. The van der Waals surface area contributed by atoms with Gasteiger partial charge < -0.3 is 15.5 Å². The number of carbonyl (C=O) groups is 1. The van der Waals surface area contributed by atoms with Crippen LogP contribution in [0, 0.1) is 5.92 Å². The van der Waals surface area contributed by atoms with E-state index in [0.29, 0.717) is 18.2 Å². The fourth-order valence-corrected chi connectivity index (χ4v) is 7.26. The highest BCUT2D eigenvalue weighted by Crippen LogP contribution is 2.43. The number of amides is 1. The second-order valence-electron chi connectivity index (χ2n) is 9.57. The van der Waals surface area contributed by atoms with E-state index >= 15 is 0 Å². The average Bonchev–Trinajstić information content (AvgIpc) is 2.96. The van der Waals surface area contributed by atoms with Gasteiger partial charge >= 0.3 is 0 Å². The maximum Gasteiger partial charge on any atom is 0.222 e. The standard InChI is InChI=1S/C26H30Br2ClN3O/c27-20-12-19-2-1-18-13-21(29)14-22(28)24(18)25(26(19)31-15-20)17-5-9-32(10-6-17)23(33)11-16-3-7-30-8-4-16/h12-16,26,30-31H,1-11H2. The molecular weight excluding hydrogens is 566 g/mol. The third-order valence-corrected chi connectivity index (χ3v) is 8.78. The minimum Gasteiger partial charge on any atom is -0.379 e. The van der Waals surface area contributed by atoms with Gasteiger partial charge in [0.15, 0.2) is 0 Å². The molecule has 0 bridgehead atoms. The summed E-state index contributed by atoms with van der Waals surface area (Å²) in [5, 5.41) is 7.82. The van der Waals surface area contributed by atoms with Crippen LogP contribution in [-0.2, 0) is 11.2 Å². The first-order valence-corrected chi connectivity index (χ1v) is 14.0. The molecule has 1 atom stereocenters. The van der Waals surface area contributed by atoms with Crippen molar-refractivity contribution >= 4 is 54.9 Å². The molecule has 3 aliphatic heterocycles. The molecule has 1 amide bonds. The van der Waals surface area contributed by atoms with Crippen molar-refractivity contribution in [1.82, 2.24) is 15.5 Å². The third kappa shape index (κ3) is 5.14. The highest BCUT2D eigenvalue weighted by Gasteiger charge is 2.33. The van der Waals surface area contributed by atoms with Gasteiger partial charge in [0, 0.05) is 39.7 Å². The lowest BCUT2D eigenvalue weighted by Crippen LogP contribution is -2.39. The summed E-state index contributed by atoms with van der Waals surface area (Å²) in [6.07, 6.45) is 11.1. The largest absolute Gasteiger partial charge is 0.379 e. The van der Waals surface area contributed by atoms with Crippen LogP contribution < -0.4 is 10.6 Å². The molecule has 2 N–H and O–H groups in total. The van der Waals surface area contributed by atoms with Gasteiger partial charge in [-0.1, -0.05) is 33.1 Å². The lowest BCUT2D eigenvalue weighted by Gasteiger charge is -2.34. The number of dihydropyridines is 1. The quantitative estimate of drug-likeness (QED) is 0.444. The molecule has 33 heavy (non-hydrogen) atoms. The minimum atomic E-state index is 0.164. The molecule has 7 heteroatoms. The third-order valence-electron chi connectivity index (χ3n) is 7.48. The fourth-order valence-electron chi connectivity index (χ4n) is 5.74. The van der Waals surface area contributed by atoms with E-state index in [4.69, 9.17) is 11.6 Å². The Balaban J connectivity index is 1.42. The molecule has 2 fully saturated rings. The Labute approximate surface area is 218 Å². The first-order chi connectivity index (χ1) is 16.0. The molecule has 1 unspecified atom stereocenters. The van der Waals surface area contributed by atoms with Crippen molar-refractivity contribution < 1.29 is 4.79 Å². The Hall–Kier alpha value is -1.08. The van der Waals surface area contributed by atoms with Gasteiger partial charge in [0.1, 0.15) is 0 Å². The average molecular weight is 596 g/mol. The highest BCUT2D eigenvalue weighted by molar-refractivity contribution is 9.12. The maximum absolute atomic E-state index is 13.0. The monoisotopic (exact) mass is 593 g/mol.